The van der Waals surface area contributed by atoms with Crippen LogP contribution in [-0.4, -0.2) is 38.9 Å². The predicted octanol–water partition coefficient (Wildman–Crippen LogP) is 0.999. The van der Waals surface area contributed by atoms with E-state index in [-0.39, 0.29) is 5.60 Å². The highest BCUT2D eigenvalue weighted by atomic mass is 16.5. The molecule has 0 aliphatic heterocycles. The van der Waals surface area contributed by atoms with Crippen LogP contribution >= 0.6 is 0 Å². The first-order chi connectivity index (χ1) is 6.02. The fourth-order valence-corrected chi connectivity index (χ4v) is 1.10. The van der Waals surface area contributed by atoms with Crippen LogP contribution in [0.15, 0.2) is 0 Å². The van der Waals surface area contributed by atoms with E-state index in [4.69, 9.17) is 4.74 Å². The van der Waals surface area contributed by atoms with Gasteiger partial charge < -0.3 is 15.4 Å². The van der Waals surface area contributed by atoms with E-state index in [0.29, 0.717) is 6.04 Å². The highest BCUT2D eigenvalue weighted by Crippen LogP contribution is 2.11. The smallest absolute Gasteiger partial charge is 0.0634 e. The van der Waals surface area contributed by atoms with E-state index in [9.17, 15) is 0 Å². The summed E-state index contributed by atoms with van der Waals surface area (Å²) in [6, 6.07) is 0.526. The zero-order chi connectivity index (χ0) is 10.3. The lowest BCUT2D eigenvalue weighted by Crippen LogP contribution is -2.38. The molecule has 0 aromatic heterocycles. The molecule has 0 heterocycles. The van der Waals surface area contributed by atoms with Gasteiger partial charge in [0.25, 0.3) is 0 Å². The number of hydrogen-bond acceptors (Lipinski definition) is 3. The Labute approximate surface area is 82.2 Å². The van der Waals surface area contributed by atoms with Gasteiger partial charge in [-0.3, -0.25) is 0 Å². The summed E-state index contributed by atoms with van der Waals surface area (Å²) in [6.45, 7) is 8.40. The molecule has 13 heavy (non-hydrogen) atoms. The zero-order valence-electron chi connectivity index (χ0n) is 9.61. The average Bonchev–Trinajstić information content (AvgIpc) is 2.05. The first kappa shape index (κ1) is 12.9. The van der Waals surface area contributed by atoms with Gasteiger partial charge in [0.05, 0.1) is 5.60 Å². The van der Waals surface area contributed by atoms with Gasteiger partial charge in [-0.25, -0.2) is 0 Å². The fraction of sp³-hybridized carbons (Fsp3) is 1.00. The molecule has 0 saturated heterocycles. The second kappa shape index (κ2) is 6.35. The van der Waals surface area contributed by atoms with Crippen molar-refractivity contribution in [2.24, 2.45) is 0 Å². The van der Waals surface area contributed by atoms with Gasteiger partial charge in [0.15, 0.2) is 0 Å². The normalized spacial score (nSPS) is 14.5. The van der Waals surface area contributed by atoms with E-state index in [1.165, 1.54) is 0 Å². The van der Waals surface area contributed by atoms with Crippen LogP contribution in [0.2, 0.25) is 0 Å². The third kappa shape index (κ3) is 6.99. The summed E-state index contributed by atoms with van der Waals surface area (Å²) < 4.78 is 5.32. The van der Waals surface area contributed by atoms with Crippen LogP contribution in [0.1, 0.15) is 27.2 Å². The summed E-state index contributed by atoms with van der Waals surface area (Å²) >= 11 is 0. The molecule has 80 valence electrons. The maximum absolute atomic E-state index is 5.32. The molecule has 0 rings (SSSR count). The number of hydrogen-bond donors (Lipinski definition) is 2. The molecule has 0 amide bonds. The zero-order valence-corrected chi connectivity index (χ0v) is 9.61. The van der Waals surface area contributed by atoms with Crippen molar-refractivity contribution in [3.8, 4) is 0 Å². The number of likely N-dealkylation sites (N-methyl/N-ethyl adjacent to an activating group) is 1. The molecule has 0 aromatic carbocycles. The van der Waals surface area contributed by atoms with E-state index in [2.05, 4.69) is 31.4 Å². The quantitative estimate of drug-likeness (QED) is 0.625. The molecule has 0 aliphatic carbocycles. The van der Waals surface area contributed by atoms with E-state index in [0.717, 1.165) is 19.5 Å². The molecule has 0 radical (unpaired) electrons. The third-order valence-electron chi connectivity index (χ3n) is 2.28. The Hall–Kier alpha value is -0.120. The second-order valence-electron chi connectivity index (χ2n) is 4.13. The minimum atomic E-state index is -0.00758. The first-order valence-electron chi connectivity index (χ1n) is 4.95. The average molecular weight is 188 g/mol. The summed E-state index contributed by atoms with van der Waals surface area (Å²) in [5.74, 6) is 0. The summed E-state index contributed by atoms with van der Waals surface area (Å²) in [6.07, 6.45) is 1.04. The lowest BCUT2D eigenvalue weighted by molar-refractivity contribution is 0.0155. The van der Waals surface area contributed by atoms with Gasteiger partial charge in [-0.05, 0) is 40.8 Å². The Morgan fingerprint density at radius 3 is 2.46 bits per heavy atom. The molecular formula is C10H24N2O. The molecule has 3 heteroatoms. The van der Waals surface area contributed by atoms with Gasteiger partial charge in [-0.15, -0.1) is 0 Å². The topological polar surface area (TPSA) is 33.3 Å². The maximum atomic E-state index is 5.32. The Morgan fingerprint density at radius 1 is 1.38 bits per heavy atom. The first-order valence-corrected chi connectivity index (χ1v) is 4.95. The van der Waals surface area contributed by atoms with Crippen molar-refractivity contribution in [3.05, 3.63) is 0 Å². The van der Waals surface area contributed by atoms with Crippen LogP contribution in [0.4, 0.5) is 0 Å². The maximum Gasteiger partial charge on any atom is 0.0634 e. The van der Waals surface area contributed by atoms with Crippen LogP contribution in [0, 0.1) is 0 Å². The number of rotatable bonds is 7. The number of nitrogens with one attached hydrogen (secondary N) is 2. The Bertz CT molecular complexity index is 126. The van der Waals surface area contributed by atoms with Gasteiger partial charge in [0, 0.05) is 19.7 Å². The summed E-state index contributed by atoms with van der Waals surface area (Å²) in [4.78, 5) is 0. The second-order valence-corrected chi connectivity index (χ2v) is 4.13. The van der Waals surface area contributed by atoms with Crippen molar-refractivity contribution in [2.75, 3.05) is 27.2 Å². The Balaban J connectivity index is 3.44. The monoisotopic (exact) mass is 188 g/mol. The molecule has 2 N–H and O–H groups in total. The highest BCUT2D eigenvalue weighted by Gasteiger charge is 2.15. The molecule has 0 saturated carbocycles. The van der Waals surface area contributed by atoms with Gasteiger partial charge in [0.1, 0.15) is 0 Å². The van der Waals surface area contributed by atoms with Gasteiger partial charge in [-0.1, -0.05) is 0 Å². The SMILES string of the molecule is CNCC(C)NCCC(C)(C)OC. The van der Waals surface area contributed by atoms with Gasteiger partial charge in [0.2, 0.25) is 0 Å². The lowest BCUT2D eigenvalue weighted by Gasteiger charge is -2.24. The van der Waals surface area contributed by atoms with Gasteiger partial charge in [-0.2, -0.15) is 0 Å². The van der Waals surface area contributed by atoms with E-state index in [1.54, 1.807) is 7.11 Å². The van der Waals surface area contributed by atoms with Crippen LogP contribution in [-0.2, 0) is 4.74 Å². The molecular weight excluding hydrogens is 164 g/mol. The molecule has 0 spiro atoms. The van der Waals surface area contributed by atoms with Crippen molar-refractivity contribution < 1.29 is 4.74 Å². The minimum absolute atomic E-state index is 0.00758. The van der Waals surface area contributed by atoms with Crippen molar-refractivity contribution >= 4 is 0 Å². The number of ether oxygens (including phenoxy) is 1. The minimum Gasteiger partial charge on any atom is -0.379 e. The van der Waals surface area contributed by atoms with Crippen LogP contribution in [0.3, 0.4) is 0 Å². The lowest BCUT2D eigenvalue weighted by atomic mass is 10.1. The van der Waals surface area contributed by atoms with E-state index in [1.807, 2.05) is 7.05 Å². The summed E-state index contributed by atoms with van der Waals surface area (Å²) in [5, 5.41) is 6.57. The summed E-state index contributed by atoms with van der Waals surface area (Å²) in [7, 11) is 3.73. The third-order valence-corrected chi connectivity index (χ3v) is 2.28. The van der Waals surface area contributed by atoms with Crippen LogP contribution < -0.4 is 10.6 Å². The molecule has 1 atom stereocenters. The van der Waals surface area contributed by atoms with Gasteiger partial charge >= 0.3 is 0 Å². The molecule has 0 bridgehead atoms. The standard InChI is InChI=1S/C10H24N2O/c1-9(8-11-4)12-7-6-10(2,3)13-5/h9,11-12H,6-8H2,1-5H3. The van der Waals surface area contributed by atoms with E-state index >= 15 is 0 Å². The van der Waals surface area contributed by atoms with Crippen molar-refractivity contribution in [3.63, 3.8) is 0 Å². The Kier molecular flexibility index (Phi) is 6.29. The summed E-state index contributed by atoms with van der Waals surface area (Å²) in [5.41, 5.74) is -0.00758. The molecule has 0 aliphatic rings. The number of methoxy groups -OCH3 is 1. The Morgan fingerprint density at radius 2 is 2.00 bits per heavy atom. The highest BCUT2D eigenvalue weighted by molar-refractivity contribution is 4.71. The predicted molar refractivity (Wildman–Crippen MR) is 57.1 cm³/mol. The van der Waals surface area contributed by atoms with Crippen LogP contribution in [0.25, 0.3) is 0 Å². The molecule has 3 nitrogen and oxygen atoms in total. The fourth-order valence-electron chi connectivity index (χ4n) is 1.10. The molecule has 1 unspecified atom stereocenters. The molecule has 0 aromatic rings. The van der Waals surface area contributed by atoms with Crippen molar-refractivity contribution in [2.45, 2.75) is 38.8 Å². The van der Waals surface area contributed by atoms with Crippen molar-refractivity contribution in [1.82, 2.24) is 10.6 Å². The van der Waals surface area contributed by atoms with Crippen molar-refractivity contribution in [1.29, 1.82) is 0 Å². The van der Waals surface area contributed by atoms with Crippen LogP contribution in [0.5, 0.6) is 0 Å². The largest absolute Gasteiger partial charge is 0.379 e. The molecule has 0 fully saturated rings. The van der Waals surface area contributed by atoms with E-state index < -0.39 is 0 Å².